The molecule has 0 spiro atoms. The van der Waals surface area contributed by atoms with Crippen molar-refractivity contribution in [2.24, 2.45) is 0 Å². The van der Waals surface area contributed by atoms with E-state index in [0.29, 0.717) is 5.69 Å². The number of hydrogen-bond donors (Lipinski definition) is 2. The number of nitrogens with one attached hydrogen (secondary N) is 1. The Hall–Kier alpha value is -3.95. The van der Waals surface area contributed by atoms with Crippen LogP contribution in [0.3, 0.4) is 0 Å². The first kappa shape index (κ1) is 22.7. The molecule has 2 aromatic rings. The predicted octanol–water partition coefficient (Wildman–Crippen LogP) is 4.09. The quantitative estimate of drug-likeness (QED) is 0.621. The molecule has 0 aliphatic carbocycles. The molecule has 0 saturated heterocycles. The van der Waals surface area contributed by atoms with Crippen LogP contribution >= 0.6 is 0 Å². The average molecular weight is 446 g/mol. The Bertz CT molecular complexity index is 1070. The summed E-state index contributed by atoms with van der Waals surface area (Å²) in [7, 11) is 0. The number of anilines is 1. The van der Waals surface area contributed by atoms with E-state index in [9.17, 15) is 23.2 Å². The van der Waals surface area contributed by atoms with Gasteiger partial charge in [-0.2, -0.15) is 8.78 Å². The molecular weight excluding hydrogens is 426 g/mol. The molecule has 1 heterocycles. The number of allylic oxidation sites excluding steroid dienone is 1. The fraction of sp³-hybridized carbons (Fsp3) is 0.227. The second-order valence-electron chi connectivity index (χ2n) is 6.71. The number of carboxylic acid groups (broad SMARTS) is 1. The molecule has 2 amide bonds. The molecular formula is C22H20F2N2O6. The minimum atomic E-state index is -3.10. The van der Waals surface area contributed by atoms with Gasteiger partial charge in [-0.1, -0.05) is 18.2 Å². The summed E-state index contributed by atoms with van der Waals surface area (Å²) in [5.41, 5.74) is 0.715. The number of carboxylic acids is 1. The van der Waals surface area contributed by atoms with Crippen LogP contribution in [-0.4, -0.2) is 36.3 Å². The molecule has 3 rings (SSSR count). The van der Waals surface area contributed by atoms with E-state index >= 15 is 0 Å². The number of halogens is 2. The van der Waals surface area contributed by atoms with Gasteiger partial charge in [0.2, 0.25) is 0 Å². The van der Waals surface area contributed by atoms with Gasteiger partial charge < -0.3 is 19.9 Å². The van der Waals surface area contributed by atoms with Gasteiger partial charge in [-0.3, -0.25) is 4.90 Å². The Labute approximate surface area is 182 Å². The SMILES string of the molecule is CCOC(=O)C1=C(C)N(c2ccc(C(=O)O)cc2)C(=O)NC1c1ccccc1OC(F)F. The molecule has 1 atom stereocenters. The molecule has 10 heteroatoms. The molecule has 0 fully saturated rings. The summed E-state index contributed by atoms with van der Waals surface area (Å²) in [6.07, 6.45) is 0. The summed E-state index contributed by atoms with van der Waals surface area (Å²) < 4.78 is 35.5. The number of hydrogen-bond acceptors (Lipinski definition) is 5. The van der Waals surface area contributed by atoms with E-state index in [0.717, 1.165) is 0 Å². The number of para-hydroxylation sites is 1. The minimum absolute atomic E-state index is 0.0226. The van der Waals surface area contributed by atoms with Crippen LogP contribution in [-0.2, 0) is 9.53 Å². The highest BCUT2D eigenvalue weighted by molar-refractivity contribution is 6.03. The van der Waals surface area contributed by atoms with Crippen LogP contribution in [0.1, 0.15) is 35.8 Å². The second-order valence-corrected chi connectivity index (χ2v) is 6.71. The highest BCUT2D eigenvalue weighted by Crippen LogP contribution is 2.38. The Morgan fingerprint density at radius 2 is 1.81 bits per heavy atom. The molecule has 2 aromatic carbocycles. The zero-order chi connectivity index (χ0) is 23.4. The molecule has 1 aliphatic rings. The van der Waals surface area contributed by atoms with Gasteiger partial charge in [0.05, 0.1) is 29.5 Å². The van der Waals surface area contributed by atoms with E-state index in [1.807, 2.05) is 0 Å². The number of rotatable bonds is 7. The van der Waals surface area contributed by atoms with Gasteiger partial charge in [0.25, 0.3) is 0 Å². The van der Waals surface area contributed by atoms with Crippen molar-refractivity contribution in [1.29, 1.82) is 0 Å². The first-order valence-corrected chi connectivity index (χ1v) is 9.60. The van der Waals surface area contributed by atoms with Crippen molar-refractivity contribution < 1.29 is 37.7 Å². The van der Waals surface area contributed by atoms with Crippen LogP contribution in [0.4, 0.5) is 19.3 Å². The van der Waals surface area contributed by atoms with Crippen LogP contribution in [0.5, 0.6) is 5.75 Å². The number of aromatic carboxylic acids is 1. The topological polar surface area (TPSA) is 105 Å². The number of ether oxygens (including phenoxy) is 2. The molecule has 1 unspecified atom stereocenters. The third kappa shape index (κ3) is 4.53. The highest BCUT2D eigenvalue weighted by Gasteiger charge is 2.38. The lowest BCUT2D eigenvalue weighted by atomic mass is 9.94. The Morgan fingerprint density at radius 3 is 2.41 bits per heavy atom. The maximum Gasteiger partial charge on any atom is 0.387 e. The largest absolute Gasteiger partial charge is 0.478 e. The summed E-state index contributed by atoms with van der Waals surface area (Å²) in [6, 6.07) is 9.56. The number of benzene rings is 2. The summed E-state index contributed by atoms with van der Waals surface area (Å²) >= 11 is 0. The van der Waals surface area contributed by atoms with Gasteiger partial charge in [-0.15, -0.1) is 0 Å². The number of amides is 2. The first-order valence-electron chi connectivity index (χ1n) is 9.60. The smallest absolute Gasteiger partial charge is 0.387 e. The second kappa shape index (κ2) is 9.46. The fourth-order valence-corrected chi connectivity index (χ4v) is 3.44. The van der Waals surface area contributed by atoms with Crippen LogP contribution in [0.25, 0.3) is 0 Å². The number of urea groups is 1. The van der Waals surface area contributed by atoms with Gasteiger partial charge in [0, 0.05) is 11.3 Å². The molecule has 32 heavy (non-hydrogen) atoms. The minimum Gasteiger partial charge on any atom is -0.478 e. The van der Waals surface area contributed by atoms with Gasteiger partial charge in [0.15, 0.2) is 0 Å². The highest BCUT2D eigenvalue weighted by atomic mass is 19.3. The fourth-order valence-electron chi connectivity index (χ4n) is 3.44. The van der Waals surface area contributed by atoms with E-state index in [1.54, 1.807) is 13.0 Å². The molecule has 1 aliphatic heterocycles. The van der Waals surface area contributed by atoms with Crippen LogP contribution in [0.2, 0.25) is 0 Å². The van der Waals surface area contributed by atoms with E-state index in [1.165, 1.54) is 54.3 Å². The molecule has 168 valence electrons. The van der Waals surface area contributed by atoms with E-state index < -0.39 is 30.6 Å². The van der Waals surface area contributed by atoms with Crippen molar-refractivity contribution in [3.8, 4) is 5.75 Å². The summed E-state index contributed by atoms with van der Waals surface area (Å²) in [4.78, 5) is 38.1. The number of nitrogens with zero attached hydrogens (tertiary/aromatic N) is 1. The number of esters is 1. The third-order valence-corrected chi connectivity index (χ3v) is 4.80. The van der Waals surface area contributed by atoms with E-state index in [4.69, 9.17) is 9.84 Å². The van der Waals surface area contributed by atoms with Crippen molar-refractivity contribution in [2.45, 2.75) is 26.5 Å². The van der Waals surface area contributed by atoms with Crippen molar-refractivity contribution in [3.05, 3.63) is 70.9 Å². The standard InChI is InChI=1S/C22H20F2N2O6/c1-3-31-20(29)17-12(2)26(14-10-8-13(9-11-14)19(27)28)22(30)25-18(17)15-6-4-5-7-16(15)32-21(23)24/h4-11,18,21H,3H2,1-2H3,(H,25,30)(H,27,28). The van der Waals surface area contributed by atoms with Crippen LogP contribution in [0, 0.1) is 0 Å². The molecule has 0 bridgehead atoms. The first-order chi connectivity index (χ1) is 15.2. The molecule has 0 radical (unpaired) electrons. The van der Waals surface area contributed by atoms with Crippen LogP contribution in [0.15, 0.2) is 59.8 Å². The summed E-state index contributed by atoms with van der Waals surface area (Å²) in [5, 5.41) is 11.7. The maximum atomic E-state index is 13.0. The zero-order valence-corrected chi connectivity index (χ0v) is 17.2. The number of carbonyl (C=O) groups is 3. The normalized spacial score (nSPS) is 16.1. The average Bonchev–Trinajstić information content (AvgIpc) is 2.73. The van der Waals surface area contributed by atoms with Crippen molar-refractivity contribution in [3.63, 3.8) is 0 Å². The number of carbonyl (C=O) groups excluding carboxylic acids is 2. The monoisotopic (exact) mass is 446 g/mol. The molecule has 8 nitrogen and oxygen atoms in total. The lowest BCUT2D eigenvalue weighted by molar-refractivity contribution is -0.139. The molecule has 0 aromatic heterocycles. The van der Waals surface area contributed by atoms with Crippen LogP contribution < -0.4 is 15.0 Å². The summed E-state index contributed by atoms with van der Waals surface area (Å²) in [6.45, 7) is 0.0784. The van der Waals surface area contributed by atoms with Gasteiger partial charge in [-0.25, -0.2) is 14.4 Å². The lowest BCUT2D eigenvalue weighted by Crippen LogP contribution is -2.48. The van der Waals surface area contributed by atoms with Crippen molar-refractivity contribution in [1.82, 2.24) is 5.32 Å². The summed E-state index contributed by atoms with van der Waals surface area (Å²) in [5.74, 6) is -2.06. The third-order valence-electron chi connectivity index (χ3n) is 4.80. The van der Waals surface area contributed by atoms with Gasteiger partial charge in [-0.05, 0) is 44.2 Å². The molecule has 2 N–H and O–H groups in total. The van der Waals surface area contributed by atoms with E-state index in [-0.39, 0.29) is 34.8 Å². The Morgan fingerprint density at radius 1 is 1.16 bits per heavy atom. The Balaban J connectivity index is 2.13. The number of alkyl halides is 2. The van der Waals surface area contributed by atoms with Crippen molar-refractivity contribution in [2.75, 3.05) is 11.5 Å². The van der Waals surface area contributed by atoms with Gasteiger partial charge in [0.1, 0.15) is 5.75 Å². The maximum absolute atomic E-state index is 13.0. The van der Waals surface area contributed by atoms with Crippen molar-refractivity contribution >= 4 is 23.7 Å². The predicted molar refractivity (Wildman–Crippen MR) is 110 cm³/mol. The lowest BCUT2D eigenvalue weighted by Gasteiger charge is -2.35. The molecule has 0 saturated carbocycles. The zero-order valence-electron chi connectivity index (χ0n) is 17.2. The Kier molecular flexibility index (Phi) is 6.72. The van der Waals surface area contributed by atoms with E-state index in [2.05, 4.69) is 10.1 Å². The van der Waals surface area contributed by atoms with Gasteiger partial charge >= 0.3 is 24.6 Å².